The van der Waals surface area contributed by atoms with E-state index in [0.717, 1.165) is 5.56 Å². The molecule has 128 valence electrons. The molecule has 2 N–H and O–H groups in total. The van der Waals surface area contributed by atoms with Gasteiger partial charge in [-0.3, -0.25) is 4.79 Å². The number of amides is 1. The van der Waals surface area contributed by atoms with Crippen molar-refractivity contribution < 1.29 is 9.21 Å². The standard InChI is InChI=1S/C18H15Cl2N3O2/c1-21-18(24)12-4-7-14(20)15(8-12)22-10-17-23-9-16(25-17)11-2-5-13(19)6-3-11/h2-9,22H,10H2,1H3,(H,21,24). The molecule has 25 heavy (non-hydrogen) atoms. The van der Waals surface area contributed by atoms with Crippen molar-refractivity contribution in [3.05, 3.63) is 70.2 Å². The Morgan fingerprint density at radius 2 is 1.92 bits per heavy atom. The summed E-state index contributed by atoms with van der Waals surface area (Å²) >= 11 is 12.1. The second-order valence-corrected chi connectivity index (χ2v) is 6.10. The van der Waals surface area contributed by atoms with Crippen LogP contribution < -0.4 is 10.6 Å². The fourth-order valence-electron chi connectivity index (χ4n) is 2.26. The molecule has 0 bridgehead atoms. The number of hydrogen-bond acceptors (Lipinski definition) is 4. The van der Waals surface area contributed by atoms with Crippen LogP contribution >= 0.6 is 23.2 Å². The second-order valence-electron chi connectivity index (χ2n) is 5.25. The van der Waals surface area contributed by atoms with E-state index in [1.54, 1.807) is 43.6 Å². The Kier molecular flexibility index (Phi) is 5.26. The minimum Gasteiger partial charge on any atom is -0.439 e. The van der Waals surface area contributed by atoms with E-state index in [0.29, 0.717) is 39.5 Å². The Hall–Kier alpha value is -2.50. The number of rotatable bonds is 5. The van der Waals surface area contributed by atoms with Crippen LogP contribution in [0.1, 0.15) is 16.2 Å². The molecule has 0 atom stereocenters. The van der Waals surface area contributed by atoms with Gasteiger partial charge in [-0.15, -0.1) is 0 Å². The molecule has 0 aliphatic carbocycles. The Bertz CT molecular complexity index is 892. The van der Waals surface area contributed by atoms with Crippen molar-refractivity contribution >= 4 is 34.8 Å². The van der Waals surface area contributed by atoms with Crippen molar-refractivity contribution in [1.82, 2.24) is 10.3 Å². The summed E-state index contributed by atoms with van der Waals surface area (Å²) in [5.74, 6) is 0.978. The van der Waals surface area contributed by atoms with Gasteiger partial charge in [0.2, 0.25) is 5.89 Å². The third kappa shape index (κ3) is 4.13. The molecule has 0 aliphatic rings. The first kappa shape index (κ1) is 17.3. The van der Waals surface area contributed by atoms with Crippen LogP contribution in [0.4, 0.5) is 5.69 Å². The number of hydrogen-bond donors (Lipinski definition) is 2. The third-order valence-electron chi connectivity index (χ3n) is 3.57. The molecule has 0 fully saturated rings. The van der Waals surface area contributed by atoms with Crippen molar-refractivity contribution in [2.24, 2.45) is 0 Å². The minimum atomic E-state index is -0.180. The van der Waals surface area contributed by atoms with Crippen LogP contribution in [-0.2, 0) is 6.54 Å². The number of carbonyl (C=O) groups is 1. The largest absolute Gasteiger partial charge is 0.439 e. The van der Waals surface area contributed by atoms with Crippen LogP contribution in [0.2, 0.25) is 10.0 Å². The maximum Gasteiger partial charge on any atom is 0.251 e. The van der Waals surface area contributed by atoms with Gasteiger partial charge in [0.1, 0.15) is 0 Å². The number of halogens is 2. The Balaban J connectivity index is 1.72. The lowest BCUT2D eigenvalue weighted by Gasteiger charge is -2.08. The number of benzene rings is 2. The molecule has 0 saturated heterocycles. The maximum atomic E-state index is 11.7. The normalized spacial score (nSPS) is 10.5. The van der Waals surface area contributed by atoms with Gasteiger partial charge in [0.15, 0.2) is 5.76 Å². The summed E-state index contributed by atoms with van der Waals surface area (Å²) in [6.45, 7) is 0.338. The van der Waals surface area contributed by atoms with Gasteiger partial charge in [-0.1, -0.05) is 23.2 Å². The average Bonchev–Trinajstić information content (AvgIpc) is 3.10. The number of oxazole rings is 1. The van der Waals surface area contributed by atoms with Gasteiger partial charge in [-0.2, -0.15) is 0 Å². The summed E-state index contributed by atoms with van der Waals surface area (Å²) < 4.78 is 5.73. The van der Waals surface area contributed by atoms with E-state index in [4.69, 9.17) is 27.6 Å². The molecule has 0 radical (unpaired) electrons. The van der Waals surface area contributed by atoms with Crippen LogP contribution in [0.3, 0.4) is 0 Å². The van der Waals surface area contributed by atoms with E-state index in [9.17, 15) is 4.79 Å². The zero-order valence-corrected chi connectivity index (χ0v) is 14.9. The summed E-state index contributed by atoms with van der Waals surface area (Å²) in [4.78, 5) is 16.0. The van der Waals surface area contributed by atoms with Crippen LogP contribution in [0.5, 0.6) is 0 Å². The highest BCUT2D eigenvalue weighted by molar-refractivity contribution is 6.33. The predicted octanol–water partition coefficient (Wildman–Crippen LogP) is 4.62. The summed E-state index contributed by atoms with van der Waals surface area (Å²) in [5, 5.41) is 6.88. The highest BCUT2D eigenvalue weighted by Gasteiger charge is 2.10. The van der Waals surface area contributed by atoms with Crippen molar-refractivity contribution in [2.45, 2.75) is 6.54 Å². The zero-order chi connectivity index (χ0) is 17.8. The lowest BCUT2D eigenvalue weighted by Crippen LogP contribution is -2.17. The average molecular weight is 376 g/mol. The molecule has 2 aromatic carbocycles. The van der Waals surface area contributed by atoms with Gasteiger partial charge in [0, 0.05) is 23.2 Å². The molecule has 1 amide bonds. The molecule has 0 saturated carbocycles. The van der Waals surface area contributed by atoms with Crippen molar-refractivity contribution in [1.29, 1.82) is 0 Å². The van der Waals surface area contributed by atoms with E-state index in [1.165, 1.54) is 0 Å². The lowest BCUT2D eigenvalue weighted by atomic mass is 10.2. The Morgan fingerprint density at radius 1 is 1.16 bits per heavy atom. The molecule has 7 heteroatoms. The highest BCUT2D eigenvalue weighted by atomic mass is 35.5. The lowest BCUT2D eigenvalue weighted by molar-refractivity contribution is 0.0963. The van der Waals surface area contributed by atoms with E-state index in [-0.39, 0.29) is 5.91 Å². The molecule has 3 aromatic rings. The molecule has 1 heterocycles. The first-order valence-electron chi connectivity index (χ1n) is 7.53. The monoisotopic (exact) mass is 375 g/mol. The fourth-order valence-corrected chi connectivity index (χ4v) is 2.57. The van der Waals surface area contributed by atoms with E-state index < -0.39 is 0 Å². The Labute approximate surface area is 155 Å². The fraction of sp³-hybridized carbons (Fsp3) is 0.111. The molecule has 3 rings (SSSR count). The first-order chi connectivity index (χ1) is 12.1. The van der Waals surface area contributed by atoms with Crippen LogP contribution in [0, 0.1) is 0 Å². The Morgan fingerprint density at radius 3 is 2.64 bits per heavy atom. The first-order valence-corrected chi connectivity index (χ1v) is 8.28. The molecule has 0 aliphatic heterocycles. The van der Waals surface area contributed by atoms with Crippen LogP contribution in [0.15, 0.2) is 53.1 Å². The zero-order valence-electron chi connectivity index (χ0n) is 13.3. The van der Waals surface area contributed by atoms with Gasteiger partial charge in [0.25, 0.3) is 5.91 Å². The molecule has 1 aromatic heterocycles. The number of anilines is 1. The molecule has 5 nitrogen and oxygen atoms in total. The summed E-state index contributed by atoms with van der Waals surface area (Å²) in [5.41, 5.74) is 2.04. The van der Waals surface area contributed by atoms with E-state index >= 15 is 0 Å². The summed E-state index contributed by atoms with van der Waals surface area (Å²) in [6, 6.07) is 12.3. The predicted molar refractivity (Wildman–Crippen MR) is 99.1 cm³/mol. The SMILES string of the molecule is CNC(=O)c1ccc(Cl)c(NCc2ncc(-c3ccc(Cl)cc3)o2)c1. The second kappa shape index (κ2) is 7.59. The van der Waals surface area contributed by atoms with Gasteiger partial charge in [0.05, 0.1) is 23.5 Å². The number of nitrogens with zero attached hydrogens (tertiary/aromatic N) is 1. The highest BCUT2D eigenvalue weighted by Crippen LogP contribution is 2.25. The maximum absolute atomic E-state index is 11.7. The van der Waals surface area contributed by atoms with Gasteiger partial charge in [-0.25, -0.2) is 4.98 Å². The summed E-state index contributed by atoms with van der Waals surface area (Å²) in [6.07, 6.45) is 1.66. The van der Waals surface area contributed by atoms with E-state index in [1.807, 2.05) is 12.1 Å². The smallest absolute Gasteiger partial charge is 0.251 e. The summed E-state index contributed by atoms with van der Waals surface area (Å²) in [7, 11) is 1.58. The third-order valence-corrected chi connectivity index (χ3v) is 4.15. The number of carbonyl (C=O) groups excluding carboxylic acids is 1. The minimum absolute atomic E-state index is 0.180. The van der Waals surface area contributed by atoms with Gasteiger partial charge < -0.3 is 15.1 Å². The quantitative estimate of drug-likeness (QED) is 0.682. The van der Waals surface area contributed by atoms with Crippen molar-refractivity contribution in [3.63, 3.8) is 0 Å². The van der Waals surface area contributed by atoms with Crippen molar-refractivity contribution in [3.8, 4) is 11.3 Å². The molecular weight excluding hydrogens is 361 g/mol. The van der Waals surface area contributed by atoms with Gasteiger partial charge in [-0.05, 0) is 42.5 Å². The topological polar surface area (TPSA) is 67.2 Å². The van der Waals surface area contributed by atoms with Crippen LogP contribution in [-0.4, -0.2) is 17.9 Å². The number of nitrogens with one attached hydrogen (secondary N) is 2. The van der Waals surface area contributed by atoms with Crippen LogP contribution in [0.25, 0.3) is 11.3 Å². The number of aromatic nitrogens is 1. The molecule has 0 unspecified atom stereocenters. The van der Waals surface area contributed by atoms with Crippen molar-refractivity contribution in [2.75, 3.05) is 12.4 Å². The van der Waals surface area contributed by atoms with Gasteiger partial charge >= 0.3 is 0 Å². The van der Waals surface area contributed by atoms with E-state index in [2.05, 4.69) is 15.6 Å². The molecule has 0 spiro atoms. The molecular formula is C18H15Cl2N3O2.